The third kappa shape index (κ3) is 3.27. The summed E-state index contributed by atoms with van der Waals surface area (Å²) < 4.78 is 6.22. The van der Waals surface area contributed by atoms with Crippen LogP contribution in [-0.4, -0.2) is 29.2 Å². The molecule has 21 heavy (non-hydrogen) atoms. The fraction of sp³-hybridized carbons (Fsp3) is 0.765. The third-order valence-electron chi connectivity index (χ3n) is 5.20. The molecule has 4 heteroatoms. The van der Waals surface area contributed by atoms with Gasteiger partial charge in [-0.05, 0) is 45.6 Å². The number of nitrogens with zero attached hydrogens (tertiary/aromatic N) is 2. The zero-order chi connectivity index (χ0) is 14.7. The van der Waals surface area contributed by atoms with Crippen molar-refractivity contribution in [3.8, 4) is 0 Å². The van der Waals surface area contributed by atoms with E-state index in [2.05, 4.69) is 15.3 Å². The minimum absolute atomic E-state index is 0.147. The molecule has 2 aliphatic rings. The fourth-order valence-electron chi connectivity index (χ4n) is 4.08. The van der Waals surface area contributed by atoms with E-state index in [9.17, 15) is 0 Å². The minimum atomic E-state index is 0.147. The Hall–Kier alpha value is -1.00. The van der Waals surface area contributed by atoms with Gasteiger partial charge in [-0.25, -0.2) is 0 Å². The van der Waals surface area contributed by atoms with Gasteiger partial charge in [0.05, 0.1) is 29.2 Å². The zero-order valence-electron chi connectivity index (χ0n) is 13.3. The highest BCUT2D eigenvalue weighted by Gasteiger charge is 2.41. The molecule has 4 nitrogen and oxygen atoms in total. The van der Waals surface area contributed by atoms with Crippen LogP contribution >= 0.6 is 0 Å². The third-order valence-corrected chi connectivity index (χ3v) is 5.20. The van der Waals surface area contributed by atoms with Crippen molar-refractivity contribution in [3.63, 3.8) is 0 Å². The molecule has 2 unspecified atom stereocenters. The first-order valence-corrected chi connectivity index (χ1v) is 8.32. The maximum absolute atomic E-state index is 6.22. The van der Waals surface area contributed by atoms with Crippen LogP contribution in [0.5, 0.6) is 0 Å². The minimum Gasteiger partial charge on any atom is -0.375 e. The van der Waals surface area contributed by atoms with Gasteiger partial charge in [0, 0.05) is 12.8 Å². The van der Waals surface area contributed by atoms with E-state index in [1.165, 1.54) is 32.1 Å². The summed E-state index contributed by atoms with van der Waals surface area (Å²) in [6, 6.07) is 0.292. The molecule has 3 rings (SSSR count). The number of nitrogens with one attached hydrogen (secondary N) is 1. The summed E-state index contributed by atoms with van der Waals surface area (Å²) >= 11 is 0. The van der Waals surface area contributed by atoms with Gasteiger partial charge in [-0.2, -0.15) is 0 Å². The summed E-state index contributed by atoms with van der Waals surface area (Å²) in [6.45, 7) is 2.87. The molecule has 0 bridgehead atoms. The van der Waals surface area contributed by atoms with E-state index < -0.39 is 0 Å². The van der Waals surface area contributed by atoms with Crippen molar-refractivity contribution >= 4 is 0 Å². The van der Waals surface area contributed by atoms with Crippen molar-refractivity contribution in [3.05, 3.63) is 23.8 Å². The van der Waals surface area contributed by atoms with Crippen molar-refractivity contribution in [2.75, 3.05) is 13.7 Å². The Morgan fingerprint density at radius 1 is 1.24 bits per heavy atom. The fourth-order valence-corrected chi connectivity index (χ4v) is 4.08. The number of ether oxygens (including phenoxy) is 1. The van der Waals surface area contributed by atoms with Crippen LogP contribution in [0.15, 0.2) is 12.4 Å². The normalized spacial score (nSPS) is 26.7. The molecule has 1 aromatic rings. The molecule has 1 spiro atoms. The lowest BCUT2D eigenvalue weighted by Gasteiger charge is -2.45. The van der Waals surface area contributed by atoms with Crippen LogP contribution in [0.1, 0.15) is 62.4 Å². The van der Waals surface area contributed by atoms with Crippen LogP contribution < -0.4 is 5.32 Å². The van der Waals surface area contributed by atoms with Gasteiger partial charge < -0.3 is 10.1 Å². The van der Waals surface area contributed by atoms with E-state index in [0.29, 0.717) is 12.0 Å². The first-order valence-electron chi connectivity index (χ1n) is 8.32. The Labute approximate surface area is 127 Å². The Balaban J connectivity index is 1.75. The quantitative estimate of drug-likeness (QED) is 0.928. The first kappa shape index (κ1) is 14.9. The van der Waals surface area contributed by atoms with Crippen LogP contribution in [0.4, 0.5) is 0 Å². The first-order chi connectivity index (χ1) is 10.2. The maximum Gasteiger partial charge on any atom is 0.0759 e. The summed E-state index contributed by atoms with van der Waals surface area (Å²) in [5.41, 5.74) is 2.19. The number of aromatic nitrogens is 2. The van der Waals surface area contributed by atoms with E-state index in [-0.39, 0.29) is 5.60 Å². The van der Waals surface area contributed by atoms with E-state index >= 15 is 0 Å². The Morgan fingerprint density at radius 2 is 2.05 bits per heavy atom. The molecule has 1 aliphatic carbocycles. The highest BCUT2D eigenvalue weighted by atomic mass is 16.5. The molecular formula is C17H27N3O. The van der Waals surface area contributed by atoms with Gasteiger partial charge >= 0.3 is 0 Å². The van der Waals surface area contributed by atoms with Gasteiger partial charge in [0.2, 0.25) is 0 Å². The van der Waals surface area contributed by atoms with Crippen LogP contribution in [0.2, 0.25) is 0 Å². The molecule has 1 aromatic heterocycles. The van der Waals surface area contributed by atoms with Crippen molar-refractivity contribution in [1.29, 1.82) is 0 Å². The molecular weight excluding hydrogens is 262 g/mol. The smallest absolute Gasteiger partial charge is 0.0759 e. The van der Waals surface area contributed by atoms with E-state index in [4.69, 9.17) is 4.74 Å². The SMILES string of the molecule is CNC(c1cnc(C)cn1)C1CCOC2(CCCCC2)C1. The second-order valence-electron chi connectivity index (χ2n) is 6.69. The van der Waals surface area contributed by atoms with Gasteiger partial charge in [0.15, 0.2) is 0 Å². The van der Waals surface area contributed by atoms with Crippen LogP contribution in [0, 0.1) is 12.8 Å². The maximum atomic E-state index is 6.22. The Morgan fingerprint density at radius 3 is 2.71 bits per heavy atom. The van der Waals surface area contributed by atoms with Gasteiger partial charge in [-0.15, -0.1) is 0 Å². The Kier molecular flexibility index (Phi) is 4.55. The summed E-state index contributed by atoms with van der Waals surface area (Å²) in [7, 11) is 2.04. The average Bonchev–Trinajstić information content (AvgIpc) is 2.51. The largest absolute Gasteiger partial charge is 0.375 e. The van der Waals surface area contributed by atoms with Crippen LogP contribution in [-0.2, 0) is 4.74 Å². The highest BCUT2D eigenvalue weighted by Crippen LogP contribution is 2.43. The average molecular weight is 289 g/mol. The predicted octanol–water partition coefficient (Wildman–Crippen LogP) is 3.18. The molecule has 1 saturated carbocycles. The zero-order valence-corrected chi connectivity index (χ0v) is 13.3. The summed E-state index contributed by atoms with van der Waals surface area (Å²) in [4.78, 5) is 9.01. The number of hydrogen-bond donors (Lipinski definition) is 1. The van der Waals surface area contributed by atoms with E-state index in [1.807, 2.05) is 26.4 Å². The van der Waals surface area contributed by atoms with Gasteiger partial charge in [-0.3, -0.25) is 9.97 Å². The summed E-state index contributed by atoms with van der Waals surface area (Å²) in [5.74, 6) is 0.596. The summed E-state index contributed by atoms with van der Waals surface area (Å²) in [5, 5.41) is 3.47. The Bertz CT molecular complexity index is 448. The molecule has 2 heterocycles. The second kappa shape index (κ2) is 6.41. The number of rotatable bonds is 3. The van der Waals surface area contributed by atoms with E-state index in [1.54, 1.807) is 0 Å². The van der Waals surface area contributed by atoms with Crippen LogP contribution in [0.3, 0.4) is 0 Å². The van der Waals surface area contributed by atoms with Crippen molar-refractivity contribution in [2.24, 2.45) is 5.92 Å². The molecule has 0 aromatic carbocycles. The standard InChI is InChI=1S/C17H27N3O/c1-13-11-20-15(12-19-13)16(18-2)14-6-9-21-17(10-14)7-4-3-5-8-17/h11-12,14,16,18H,3-10H2,1-2H3. The van der Waals surface area contributed by atoms with Crippen molar-refractivity contribution < 1.29 is 4.74 Å². The molecule has 0 radical (unpaired) electrons. The van der Waals surface area contributed by atoms with Crippen molar-refractivity contribution in [1.82, 2.24) is 15.3 Å². The molecule has 1 saturated heterocycles. The second-order valence-corrected chi connectivity index (χ2v) is 6.69. The summed E-state index contributed by atoms with van der Waals surface area (Å²) in [6.07, 6.45) is 12.6. The molecule has 1 N–H and O–H groups in total. The van der Waals surface area contributed by atoms with E-state index in [0.717, 1.165) is 30.8 Å². The molecule has 2 fully saturated rings. The van der Waals surface area contributed by atoms with Gasteiger partial charge in [0.25, 0.3) is 0 Å². The van der Waals surface area contributed by atoms with Gasteiger partial charge in [0.1, 0.15) is 0 Å². The lowest BCUT2D eigenvalue weighted by atomic mass is 9.73. The lowest BCUT2D eigenvalue weighted by Crippen LogP contribution is -2.44. The van der Waals surface area contributed by atoms with Crippen LogP contribution in [0.25, 0.3) is 0 Å². The van der Waals surface area contributed by atoms with Crippen molar-refractivity contribution in [2.45, 2.75) is 63.5 Å². The molecule has 2 atom stereocenters. The number of hydrogen-bond acceptors (Lipinski definition) is 4. The van der Waals surface area contributed by atoms with Gasteiger partial charge in [-0.1, -0.05) is 19.3 Å². The molecule has 1 aliphatic heterocycles. The predicted molar refractivity (Wildman–Crippen MR) is 83.1 cm³/mol. The molecule has 116 valence electrons. The molecule has 0 amide bonds. The highest BCUT2D eigenvalue weighted by molar-refractivity contribution is 5.08. The number of aryl methyl sites for hydroxylation is 1. The topological polar surface area (TPSA) is 47.0 Å². The lowest BCUT2D eigenvalue weighted by molar-refractivity contribution is -0.122. The monoisotopic (exact) mass is 289 g/mol.